The number of carbonyl (C=O) groups is 2. The molecular formula is C37H56N6O4. The predicted molar refractivity (Wildman–Crippen MR) is 193 cm³/mol. The van der Waals surface area contributed by atoms with Gasteiger partial charge in [-0.25, -0.2) is 5.43 Å². The number of nitrogens with one attached hydrogen (secondary N) is 2. The van der Waals surface area contributed by atoms with Crippen molar-refractivity contribution in [1.82, 2.24) is 15.2 Å². The summed E-state index contributed by atoms with van der Waals surface area (Å²) in [6.45, 7) is 15.6. The molecule has 2 aromatic carbocycles. The second-order valence-electron chi connectivity index (χ2n) is 13.0. The molecule has 0 aliphatic carbocycles. The molecule has 1 heterocycles. The van der Waals surface area contributed by atoms with Crippen molar-refractivity contribution in [2.24, 2.45) is 11.1 Å². The lowest BCUT2D eigenvalue weighted by Gasteiger charge is -2.33. The van der Waals surface area contributed by atoms with Crippen LogP contribution in [-0.2, 0) is 14.3 Å². The molecule has 0 spiro atoms. The van der Waals surface area contributed by atoms with E-state index < -0.39 is 6.10 Å². The van der Waals surface area contributed by atoms with Crippen molar-refractivity contribution in [1.29, 1.82) is 0 Å². The molecule has 10 heteroatoms. The summed E-state index contributed by atoms with van der Waals surface area (Å²) in [6.07, 6.45) is 3.26. The first-order valence-corrected chi connectivity index (χ1v) is 16.1. The summed E-state index contributed by atoms with van der Waals surface area (Å²) >= 11 is 0. The van der Waals surface area contributed by atoms with Crippen molar-refractivity contribution >= 4 is 23.7 Å². The van der Waals surface area contributed by atoms with Gasteiger partial charge in [-0.1, -0.05) is 62.7 Å². The Bertz CT molecular complexity index is 1370. The van der Waals surface area contributed by atoms with Gasteiger partial charge < -0.3 is 25.4 Å². The third kappa shape index (κ3) is 14.0. The van der Waals surface area contributed by atoms with Gasteiger partial charge in [0.1, 0.15) is 24.3 Å². The molecule has 1 aliphatic heterocycles. The Balaban J connectivity index is 0.000000366. The SMILES string of the molecule is CNN(/C(N)=C\CC(C)(C)C)c1ccc(C)cc1.Cc1ccccc(C)c(OCCN2CCOC(C(=O)N(C)C)C2)ccc1NC=O. The van der Waals surface area contributed by atoms with Gasteiger partial charge in [-0.15, -0.1) is 0 Å². The summed E-state index contributed by atoms with van der Waals surface area (Å²) in [6, 6.07) is 19.8. The minimum atomic E-state index is -0.423. The third-order valence-corrected chi connectivity index (χ3v) is 7.46. The molecule has 0 aromatic heterocycles. The monoisotopic (exact) mass is 648 g/mol. The maximum atomic E-state index is 12.1. The normalized spacial score (nSPS) is 15.0. The number of ether oxygens (including phenoxy) is 2. The van der Waals surface area contributed by atoms with Gasteiger partial charge in [0.05, 0.1) is 12.3 Å². The van der Waals surface area contributed by atoms with E-state index in [1.807, 2.05) is 62.3 Å². The average molecular weight is 649 g/mol. The van der Waals surface area contributed by atoms with Gasteiger partial charge in [0.25, 0.3) is 5.91 Å². The second kappa shape index (κ2) is 19.5. The van der Waals surface area contributed by atoms with Crippen LogP contribution >= 0.6 is 0 Å². The van der Waals surface area contributed by atoms with Crippen molar-refractivity contribution in [2.75, 3.05) is 64.3 Å². The summed E-state index contributed by atoms with van der Waals surface area (Å²) in [5.74, 6) is 1.46. The van der Waals surface area contributed by atoms with E-state index in [1.165, 1.54) is 5.56 Å². The zero-order valence-corrected chi connectivity index (χ0v) is 29.8. The minimum Gasteiger partial charge on any atom is -0.492 e. The number of hydrogen-bond acceptors (Lipinski definition) is 8. The van der Waals surface area contributed by atoms with Crippen molar-refractivity contribution < 1.29 is 19.1 Å². The molecule has 2 aromatic rings. The highest BCUT2D eigenvalue weighted by atomic mass is 16.5. The number of hydrazine groups is 1. The van der Waals surface area contributed by atoms with Crippen LogP contribution in [0.4, 0.5) is 11.4 Å². The van der Waals surface area contributed by atoms with E-state index in [-0.39, 0.29) is 11.3 Å². The van der Waals surface area contributed by atoms with E-state index in [1.54, 1.807) is 19.0 Å². The molecule has 1 saturated heterocycles. The molecule has 2 amide bonds. The van der Waals surface area contributed by atoms with Crippen LogP contribution in [0, 0.1) is 26.2 Å². The number of aryl methyl sites for hydroxylation is 3. The van der Waals surface area contributed by atoms with Crippen LogP contribution in [0.25, 0.3) is 0 Å². The summed E-state index contributed by atoms with van der Waals surface area (Å²) in [5, 5.41) is 4.61. The molecule has 1 unspecified atom stereocenters. The number of likely N-dealkylation sites (N-methyl/N-ethyl adjacent to an activating group) is 1. The fourth-order valence-electron chi connectivity index (χ4n) is 4.61. The Hall–Kier alpha value is -4.12. The molecule has 1 atom stereocenters. The predicted octanol–water partition coefficient (Wildman–Crippen LogP) is 5.34. The molecule has 0 saturated carbocycles. The number of allylic oxidation sites excluding steroid dienone is 1. The fourth-order valence-corrected chi connectivity index (χ4v) is 4.61. The number of morpholine rings is 1. The van der Waals surface area contributed by atoms with Gasteiger partial charge in [-0.3, -0.25) is 19.5 Å². The summed E-state index contributed by atoms with van der Waals surface area (Å²) in [7, 11) is 5.35. The maximum absolute atomic E-state index is 12.1. The van der Waals surface area contributed by atoms with Gasteiger partial charge in [0.2, 0.25) is 6.41 Å². The highest BCUT2D eigenvalue weighted by molar-refractivity contribution is 5.80. The van der Waals surface area contributed by atoms with E-state index in [0.29, 0.717) is 32.7 Å². The van der Waals surface area contributed by atoms with E-state index in [9.17, 15) is 9.59 Å². The van der Waals surface area contributed by atoms with Gasteiger partial charge in [0, 0.05) is 46.5 Å². The third-order valence-electron chi connectivity index (χ3n) is 7.46. The summed E-state index contributed by atoms with van der Waals surface area (Å²) < 4.78 is 11.6. The first-order valence-electron chi connectivity index (χ1n) is 16.1. The molecule has 4 N–H and O–H groups in total. The highest BCUT2D eigenvalue weighted by Crippen LogP contribution is 2.22. The van der Waals surface area contributed by atoms with Gasteiger partial charge in [-0.2, -0.15) is 0 Å². The lowest BCUT2D eigenvalue weighted by atomic mass is 9.92. The Morgan fingerprint density at radius 3 is 2.30 bits per heavy atom. The second-order valence-corrected chi connectivity index (χ2v) is 13.0. The molecule has 3 rings (SSSR count). The Kier molecular flexibility index (Phi) is 16.2. The average Bonchev–Trinajstić information content (AvgIpc) is 3.03. The lowest BCUT2D eigenvalue weighted by Crippen LogP contribution is -2.50. The first-order chi connectivity index (χ1) is 22.2. The zero-order chi connectivity index (χ0) is 35.0. The molecule has 258 valence electrons. The minimum absolute atomic E-state index is 0.0139. The van der Waals surface area contributed by atoms with E-state index in [2.05, 4.69) is 73.7 Å². The standard InChI is InChI=1S/C22H31N3O4.C15H25N3/c1-17-7-5-6-8-18(2)20(10-9-19(17)23-16-26)28-13-11-25-12-14-29-21(15-25)22(27)24(3)4;1-12-6-8-13(9-7-12)18(17-5)14(16)10-11-15(2,3)4/h5-10,16,21H,11-15H2,1-4H3,(H,23,26);6-10,17H,11,16H2,1-5H3/b;14-10-. The number of anilines is 2. The largest absolute Gasteiger partial charge is 0.492 e. The molecular weight excluding hydrogens is 592 g/mol. The zero-order valence-electron chi connectivity index (χ0n) is 29.8. The van der Waals surface area contributed by atoms with Crippen molar-refractivity contribution in [3.63, 3.8) is 0 Å². The van der Waals surface area contributed by atoms with Crippen LogP contribution in [0.3, 0.4) is 0 Å². The maximum Gasteiger partial charge on any atom is 0.252 e. The smallest absolute Gasteiger partial charge is 0.252 e. The van der Waals surface area contributed by atoms with E-state index >= 15 is 0 Å². The number of nitrogens with two attached hydrogens (primary N) is 1. The fraction of sp³-hybridized carbons (Fsp3) is 0.459. The van der Waals surface area contributed by atoms with Crippen LogP contribution in [0.1, 0.15) is 43.9 Å². The van der Waals surface area contributed by atoms with Crippen molar-refractivity contribution in [2.45, 2.75) is 54.1 Å². The van der Waals surface area contributed by atoms with Crippen LogP contribution in [0.15, 0.2) is 72.6 Å². The Morgan fingerprint density at radius 2 is 1.70 bits per heavy atom. The number of rotatable bonds is 11. The number of amides is 2. The van der Waals surface area contributed by atoms with Crippen LogP contribution in [0.2, 0.25) is 0 Å². The highest BCUT2D eigenvalue weighted by Gasteiger charge is 2.27. The van der Waals surface area contributed by atoms with Crippen molar-refractivity contribution in [3.8, 4) is 5.75 Å². The molecule has 1 aliphatic rings. The summed E-state index contributed by atoms with van der Waals surface area (Å²) in [4.78, 5) is 26.7. The molecule has 0 bridgehead atoms. The quantitative estimate of drug-likeness (QED) is 0.221. The lowest BCUT2D eigenvalue weighted by molar-refractivity contribution is -0.146. The van der Waals surface area contributed by atoms with Gasteiger partial charge >= 0.3 is 0 Å². The summed E-state index contributed by atoms with van der Waals surface area (Å²) in [5.41, 5.74) is 14.4. The molecule has 0 radical (unpaired) electrons. The number of benzene rings is 1. The molecule has 1 fully saturated rings. The van der Waals surface area contributed by atoms with Crippen molar-refractivity contribution in [3.05, 3.63) is 89.3 Å². The first kappa shape index (κ1) is 39.1. The van der Waals surface area contributed by atoms with Gasteiger partial charge in [-0.05, 0) is 74.1 Å². The van der Waals surface area contributed by atoms with Gasteiger partial charge in [0.15, 0.2) is 0 Å². The number of nitrogens with zero attached hydrogens (tertiary/aromatic N) is 3. The van der Waals surface area contributed by atoms with Crippen LogP contribution in [0.5, 0.6) is 5.75 Å². The topological polar surface area (TPSA) is 112 Å². The Labute approximate surface area is 282 Å². The van der Waals surface area contributed by atoms with Crippen LogP contribution in [-0.4, -0.2) is 82.2 Å². The number of hydrogen-bond donors (Lipinski definition) is 3. The van der Waals surface area contributed by atoms with E-state index in [4.69, 9.17) is 15.2 Å². The number of carbonyl (C=O) groups excluding carboxylic acids is 2. The molecule has 47 heavy (non-hydrogen) atoms. The Morgan fingerprint density at radius 1 is 1.04 bits per heavy atom. The van der Waals surface area contributed by atoms with E-state index in [0.717, 1.165) is 47.0 Å². The van der Waals surface area contributed by atoms with Crippen LogP contribution < -0.4 is 26.2 Å². The molecule has 10 nitrogen and oxygen atoms in total.